The van der Waals surface area contributed by atoms with Crippen molar-refractivity contribution in [3.63, 3.8) is 0 Å². The van der Waals surface area contributed by atoms with E-state index in [9.17, 15) is 0 Å². The molecule has 1 aliphatic rings. The van der Waals surface area contributed by atoms with Crippen LogP contribution in [0.5, 0.6) is 0 Å². The van der Waals surface area contributed by atoms with Gasteiger partial charge in [0.25, 0.3) is 0 Å². The standard InChI is InChI=1S/C14H17ClN2S2/c1-3-8(2)18-7-11-16-13(15)12-9-5-4-6-10(9)19-14(12)17-11/h8H,3-7H2,1-2H3. The average molecular weight is 313 g/mol. The van der Waals surface area contributed by atoms with E-state index in [4.69, 9.17) is 16.6 Å². The van der Waals surface area contributed by atoms with Crippen LogP contribution in [0.15, 0.2) is 0 Å². The predicted octanol–water partition coefficient (Wildman–Crippen LogP) is 4.87. The molecular formula is C14H17ClN2S2. The van der Waals surface area contributed by atoms with Crippen LogP contribution in [0.3, 0.4) is 0 Å². The number of aromatic nitrogens is 2. The molecule has 1 aliphatic carbocycles. The Morgan fingerprint density at radius 2 is 2.21 bits per heavy atom. The summed E-state index contributed by atoms with van der Waals surface area (Å²) in [7, 11) is 0. The first-order valence-corrected chi connectivity index (χ1v) is 9.01. The molecule has 1 atom stereocenters. The molecule has 1 unspecified atom stereocenters. The lowest BCUT2D eigenvalue weighted by atomic mass is 10.2. The second-order valence-corrected chi connectivity index (χ2v) is 7.87. The summed E-state index contributed by atoms with van der Waals surface area (Å²) >= 11 is 10.1. The quantitative estimate of drug-likeness (QED) is 0.754. The molecule has 0 aromatic carbocycles. The summed E-state index contributed by atoms with van der Waals surface area (Å²) in [6, 6.07) is 0. The van der Waals surface area contributed by atoms with Gasteiger partial charge in [-0.05, 0) is 31.2 Å². The zero-order chi connectivity index (χ0) is 13.4. The lowest BCUT2D eigenvalue weighted by Crippen LogP contribution is -1.98. The van der Waals surface area contributed by atoms with Crippen LogP contribution in [0.25, 0.3) is 10.2 Å². The molecule has 0 saturated heterocycles. The molecule has 0 spiro atoms. The van der Waals surface area contributed by atoms with Gasteiger partial charge in [0.2, 0.25) is 0 Å². The highest BCUT2D eigenvalue weighted by molar-refractivity contribution is 7.99. The number of thiophene rings is 1. The van der Waals surface area contributed by atoms with Gasteiger partial charge in [0.15, 0.2) is 0 Å². The highest BCUT2D eigenvalue weighted by Crippen LogP contribution is 2.39. The maximum Gasteiger partial charge on any atom is 0.141 e. The number of rotatable bonds is 4. The van der Waals surface area contributed by atoms with Crippen molar-refractivity contribution < 1.29 is 0 Å². The first kappa shape index (κ1) is 13.7. The van der Waals surface area contributed by atoms with Crippen LogP contribution in [-0.2, 0) is 18.6 Å². The first-order chi connectivity index (χ1) is 9.19. The Labute approximate surface area is 127 Å². The molecule has 3 rings (SSSR count). The minimum Gasteiger partial charge on any atom is -0.221 e. The average Bonchev–Trinajstić information content (AvgIpc) is 2.95. The minimum absolute atomic E-state index is 0.645. The van der Waals surface area contributed by atoms with Crippen molar-refractivity contribution in [1.29, 1.82) is 0 Å². The third kappa shape index (κ3) is 2.63. The largest absolute Gasteiger partial charge is 0.221 e. The molecule has 2 aromatic rings. The van der Waals surface area contributed by atoms with Crippen molar-refractivity contribution in [2.75, 3.05) is 0 Å². The van der Waals surface area contributed by atoms with Crippen LogP contribution in [0.4, 0.5) is 0 Å². The molecule has 5 heteroatoms. The summed E-state index contributed by atoms with van der Waals surface area (Å²) in [6.07, 6.45) is 4.75. The molecule has 102 valence electrons. The third-order valence-corrected chi connectivity index (χ3v) is 6.43. The Hall–Kier alpha value is -0.320. The zero-order valence-electron chi connectivity index (χ0n) is 11.2. The van der Waals surface area contributed by atoms with Crippen LogP contribution in [0.2, 0.25) is 5.15 Å². The van der Waals surface area contributed by atoms with Crippen molar-refractivity contribution in [1.82, 2.24) is 9.97 Å². The molecule has 0 fully saturated rings. The van der Waals surface area contributed by atoms with Gasteiger partial charge in [-0.25, -0.2) is 9.97 Å². The van der Waals surface area contributed by atoms with E-state index < -0.39 is 0 Å². The van der Waals surface area contributed by atoms with E-state index in [0.29, 0.717) is 10.4 Å². The van der Waals surface area contributed by atoms with Gasteiger partial charge in [0.1, 0.15) is 15.8 Å². The number of nitrogens with zero attached hydrogens (tertiary/aromatic N) is 2. The number of halogens is 1. The van der Waals surface area contributed by atoms with Gasteiger partial charge < -0.3 is 0 Å². The van der Waals surface area contributed by atoms with E-state index in [1.54, 1.807) is 0 Å². The fraction of sp³-hybridized carbons (Fsp3) is 0.571. The summed E-state index contributed by atoms with van der Waals surface area (Å²) in [5.74, 6) is 1.73. The third-order valence-electron chi connectivity index (χ3n) is 3.64. The fourth-order valence-corrected chi connectivity index (χ4v) is 4.83. The van der Waals surface area contributed by atoms with Crippen LogP contribution >= 0.6 is 34.7 Å². The molecule has 0 N–H and O–H groups in total. The van der Waals surface area contributed by atoms with Crippen LogP contribution in [0, 0.1) is 0 Å². The van der Waals surface area contributed by atoms with E-state index in [1.165, 1.54) is 29.7 Å². The Bertz CT molecular complexity index is 609. The second kappa shape index (κ2) is 5.58. The van der Waals surface area contributed by atoms with Gasteiger partial charge in [-0.15, -0.1) is 11.3 Å². The van der Waals surface area contributed by atoms with Crippen LogP contribution < -0.4 is 0 Å². The number of hydrogen-bond donors (Lipinski definition) is 0. The molecular weight excluding hydrogens is 296 g/mol. The van der Waals surface area contributed by atoms with E-state index in [2.05, 4.69) is 18.8 Å². The minimum atomic E-state index is 0.645. The number of hydrogen-bond acceptors (Lipinski definition) is 4. The Balaban J connectivity index is 1.92. The Kier molecular flexibility index (Phi) is 4.01. The Morgan fingerprint density at radius 1 is 1.37 bits per heavy atom. The van der Waals surface area contributed by atoms with Crippen LogP contribution in [0.1, 0.15) is 43.0 Å². The summed E-state index contributed by atoms with van der Waals surface area (Å²) in [5, 5.41) is 2.42. The van der Waals surface area contributed by atoms with E-state index in [0.717, 1.165) is 28.2 Å². The van der Waals surface area contributed by atoms with E-state index in [1.807, 2.05) is 23.1 Å². The van der Waals surface area contributed by atoms with Gasteiger partial charge in [0, 0.05) is 10.1 Å². The molecule has 0 amide bonds. The maximum atomic E-state index is 6.38. The molecule has 0 saturated carbocycles. The van der Waals surface area contributed by atoms with Gasteiger partial charge in [-0.2, -0.15) is 11.8 Å². The molecule has 2 aromatic heterocycles. The summed E-state index contributed by atoms with van der Waals surface area (Å²) < 4.78 is 0. The van der Waals surface area contributed by atoms with E-state index in [-0.39, 0.29) is 0 Å². The molecule has 0 aliphatic heterocycles. The maximum absolute atomic E-state index is 6.38. The lowest BCUT2D eigenvalue weighted by molar-refractivity contribution is 0.902. The highest BCUT2D eigenvalue weighted by atomic mass is 35.5. The number of aryl methyl sites for hydroxylation is 2. The summed E-state index contributed by atoms with van der Waals surface area (Å²) in [6.45, 7) is 4.45. The molecule has 2 nitrogen and oxygen atoms in total. The molecule has 19 heavy (non-hydrogen) atoms. The molecule has 0 bridgehead atoms. The predicted molar refractivity (Wildman–Crippen MR) is 85.5 cm³/mol. The Morgan fingerprint density at radius 3 is 3.00 bits per heavy atom. The van der Waals surface area contributed by atoms with E-state index >= 15 is 0 Å². The molecule has 2 heterocycles. The zero-order valence-corrected chi connectivity index (χ0v) is 13.6. The van der Waals surface area contributed by atoms with Crippen molar-refractivity contribution in [2.45, 2.75) is 50.5 Å². The molecule has 0 radical (unpaired) electrons. The monoisotopic (exact) mass is 312 g/mol. The SMILES string of the molecule is CCC(C)SCc1nc(Cl)c2c3c(sc2n1)CCC3. The van der Waals surface area contributed by atoms with Crippen molar-refractivity contribution in [3.8, 4) is 0 Å². The first-order valence-electron chi connectivity index (χ1n) is 6.77. The lowest BCUT2D eigenvalue weighted by Gasteiger charge is -2.07. The van der Waals surface area contributed by atoms with Crippen molar-refractivity contribution in [3.05, 3.63) is 21.4 Å². The topological polar surface area (TPSA) is 25.8 Å². The fourth-order valence-electron chi connectivity index (χ4n) is 2.39. The van der Waals surface area contributed by atoms with Gasteiger partial charge in [-0.3, -0.25) is 0 Å². The van der Waals surface area contributed by atoms with Gasteiger partial charge >= 0.3 is 0 Å². The summed E-state index contributed by atoms with van der Waals surface area (Å²) in [4.78, 5) is 11.8. The number of thioether (sulfide) groups is 1. The second-order valence-electron chi connectivity index (χ2n) is 5.00. The van der Waals surface area contributed by atoms with Gasteiger partial charge in [-0.1, -0.05) is 25.4 Å². The van der Waals surface area contributed by atoms with Crippen molar-refractivity contribution in [2.24, 2.45) is 0 Å². The summed E-state index contributed by atoms with van der Waals surface area (Å²) in [5.41, 5.74) is 1.41. The number of fused-ring (bicyclic) bond motifs is 3. The van der Waals surface area contributed by atoms with Crippen LogP contribution in [-0.4, -0.2) is 15.2 Å². The normalized spacial score (nSPS) is 15.9. The van der Waals surface area contributed by atoms with Gasteiger partial charge in [0.05, 0.1) is 11.1 Å². The van der Waals surface area contributed by atoms with Crippen molar-refractivity contribution >= 4 is 44.9 Å². The smallest absolute Gasteiger partial charge is 0.141 e. The highest BCUT2D eigenvalue weighted by Gasteiger charge is 2.21.